The van der Waals surface area contributed by atoms with E-state index in [9.17, 15) is 9.90 Å². The molecule has 0 amide bonds. The first-order valence-corrected chi connectivity index (χ1v) is 5.30. The Bertz CT molecular complexity index is 297. The van der Waals surface area contributed by atoms with E-state index in [1.54, 1.807) is 17.8 Å². The lowest BCUT2D eigenvalue weighted by molar-refractivity contribution is -0.107. The number of carbonyl (C=O) groups is 1. The molecule has 0 atom stereocenters. The first-order valence-electron chi connectivity index (χ1n) is 4.07. The van der Waals surface area contributed by atoms with E-state index in [-0.39, 0.29) is 5.75 Å². The van der Waals surface area contributed by atoms with Crippen LogP contribution < -0.4 is 0 Å². The zero-order valence-electron chi connectivity index (χ0n) is 7.49. The number of benzene rings is 1. The molecular formula is C10H12O2S. The fourth-order valence-electron chi connectivity index (χ4n) is 1.10. The number of thioether (sulfide) groups is 1. The van der Waals surface area contributed by atoms with E-state index >= 15 is 0 Å². The molecule has 70 valence electrons. The van der Waals surface area contributed by atoms with Crippen molar-refractivity contribution in [2.45, 2.75) is 17.7 Å². The van der Waals surface area contributed by atoms with Gasteiger partial charge < -0.3 is 9.90 Å². The highest BCUT2D eigenvalue weighted by Crippen LogP contribution is 2.24. The van der Waals surface area contributed by atoms with Crippen molar-refractivity contribution >= 4 is 18.0 Å². The number of hydrogen-bond donors (Lipinski definition) is 1. The minimum Gasteiger partial charge on any atom is -0.508 e. The summed E-state index contributed by atoms with van der Waals surface area (Å²) < 4.78 is 0. The molecule has 2 nitrogen and oxygen atoms in total. The highest BCUT2D eigenvalue weighted by atomic mass is 32.2. The van der Waals surface area contributed by atoms with Gasteiger partial charge in [0, 0.05) is 11.3 Å². The van der Waals surface area contributed by atoms with E-state index in [0.717, 1.165) is 16.7 Å². The molecule has 0 heterocycles. The highest BCUT2D eigenvalue weighted by Gasteiger charge is 2.01. The maximum atomic E-state index is 10.2. The van der Waals surface area contributed by atoms with Crippen LogP contribution in [0.4, 0.5) is 0 Å². The first kappa shape index (κ1) is 10.1. The van der Waals surface area contributed by atoms with Crippen LogP contribution in [-0.4, -0.2) is 17.6 Å². The van der Waals surface area contributed by atoms with Crippen molar-refractivity contribution in [2.24, 2.45) is 0 Å². The van der Waals surface area contributed by atoms with Crippen LogP contribution in [0.1, 0.15) is 12.0 Å². The number of aryl methyl sites for hydroxylation is 1. The lowest BCUT2D eigenvalue weighted by Gasteiger charge is -2.04. The van der Waals surface area contributed by atoms with Crippen molar-refractivity contribution < 1.29 is 9.90 Å². The van der Waals surface area contributed by atoms with Crippen molar-refractivity contribution in [2.75, 3.05) is 6.26 Å². The number of rotatable bonds is 4. The Labute approximate surface area is 82.0 Å². The Morgan fingerprint density at radius 3 is 2.92 bits per heavy atom. The van der Waals surface area contributed by atoms with Gasteiger partial charge >= 0.3 is 0 Å². The van der Waals surface area contributed by atoms with Crippen LogP contribution in [0.2, 0.25) is 0 Å². The summed E-state index contributed by atoms with van der Waals surface area (Å²) in [5, 5.41) is 9.43. The van der Waals surface area contributed by atoms with Gasteiger partial charge in [-0.3, -0.25) is 0 Å². The Morgan fingerprint density at radius 1 is 1.54 bits per heavy atom. The van der Waals surface area contributed by atoms with Crippen molar-refractivity contribution in [3.05, 3.63) is 23.8 Å². The molecule has 0 aliphatic carbocycles. The lowest BCUT2D eigenvalue weighted by Crippen LogP contribution is -1.87. The van der Waals surface area contributed by atoms with Gasteiger partial charge in [0.15, 0.2) is 0 Å². The SMILES string of the molecule is CSc1ccc(O)c(CCC=O)c1. The number of hydrogen-bond acceptors (Lipinski definition) is 3. The summed E-state index contributed by atoms with van der Waals surface area (Å²) in [7, 11) is 0. The summed E-state index contributed by atoms with van der Waals surface area (Å²) in [6.45, 7) is 0. The zero-order valence-corrected chi connectivity index (χ0v) is 8.30. The summed E-state index contributed by atoms with van der Waals surface area (Å²) in [6.07, 6.45) is 3.93. The quantitative estimate of drug-likeness (QED) is 0.592. The highest BCUT2D eigenvalue weighted by molar-refractivity contribution is 7.98. The Kier molecular flexibility index (Phi) is 3.83. The second kappa shape index (κ2) is 4.92. The lowest BCUT2D eigenvalue weighted by atomic mass is 10.1. The molecule has 0 radical (unpaired) electrons. The van der Waals surface area contributed by atoms with Gasteiger partial charge in [-0.25, -0.2) is 0 Å². The Balaban J connectivity index is 2.83. The fraction of sp³-hybridized carbons (Fsp3) is 0.300. The molecule has 13 heavy (non-hydrogen) atoms. The van der Waals surface area contributed by atoms with E-state index < -0.39 is 0 Å². The van der Waals surface area contributed by atoms with Crippen LogP contribution in [-0.2, 0) is 11.2 Å². The Morgan fingerprint density at radius 2 is 2.31 bits per heavy atom. The third kappa shape index (κ3) is 2.77. The molecule has 0 aliphatic heterocycles. The van der Waals surface area contributed by atoms with Crippen LogP contribution >= 0.6 is 11.8 Å². The molecule has 0 saturated heterocycles. The monoisotopic (exact) mass is 196 g/mol. The van der Waals surface area contributed by atoms with Gasteiger partial charge in [-0.15, -0.1) is 11.8 Å². The molecule has 0 bridgehead atoms. The predicted molar refractivity (Wildman–Crippen MR) is 54.3 cm³/mol. The fourth-order valence-corrected chi connectivity index (χ4v) is 1.57. The van der Waals surface area contributed by atoms with Crippen molar-refractivity contribution in [3.8, 4) is 5.75 Å². The van der Waals surface area contributed by atoms with Gasteiger partial charge in [0.25, 0.3) is 0 Å². The number of phenols is 1. The number of carbonyl (C=O) groups excluding carboxylic acids is 1. The molecule has 0 unspecified atom stereocenters. The van der Waals surface area contributed by atoms with Crippen LogP contribution in [0, 0.1) is 0 Å². The molecule has 0 aromatic heterocycles. The molecule has 1 rings (SSSR count). The number of phenolic OH excluding ortho intramolecular Hbond substituents is 1. The van der Waals surface area contributed by atoms with E-state index in [4.69, 9.17) is 0 Å². The summed E-state index contributed by atoms with van der Waals surface area (Å²) in [5.74, 6) is 0.277. The molecule has 1 aromatic carbocycles. The van der Waals surface area contributed by atoms with Crippen molar-refractivity contribution in [3.63, 3.8) is 0 Å². The maximum Gasteiger partial charge on any atom is 0.120 e. The molecule has 1 N–H and O–H groups in total. The summed E-state index contributed by atoms with van der Waals surface area (Å²) >= 11 is 1.63. The smallest absolute Gasteiger partial charge is 0.120 e. The first-order chi connectivity index (χ1) is 6.27. The molecular weight excluding hydrogens is 184 g/mol. The third-order valence-electron chi connectivity index (χ3n) is 1.82. The van der Waals surface area contributed by atoms with Crippen molar-refractivity contribution in [1.82, 2.24) is 0 Å². The second-order valence-electron chi connectivity index (χ2n) is 2.70. The molecule has 0 spiro atoms. The van der Waals surface area contributed by atoms with E-state index in [0.29, 0.717) is 12.8 Å². The number of aromatic hydroxyl groups is 1. The molecule has 0 aliphatic rings. The molecule has 3 heteroatoms. The minimum absolute atomic E-state index is 0.277. The van der Waals surface area contributed by atoms with E-state index in [2.05, 4.69) is 0 Å². The summed E-state index contributed by atoms with van der Waals surface area (Å²) in [5.41, 5.74) is 0.846. The van der Waals surface area contributed by atoms with Gasteiger partial charge in [0.2, 0.25) is 0 Å². The molecule has 0 saturated carbocycles. The average molecular weight is 196 g/mol. The topological polar surface area (TPSA) is 37.3 Å². The summed E-state index contributed by atoms with van der Waals surface area (Å²) in [6, 6.07) is 5.46. The van der Waals surface area contributed by atoms with Crippen LogP contribution in [0.3, 0.4) is 0 Å². The van der Waals surface area contributed by atoms with Gasteiger partial charge in [-0.2, -0.15) is 0 Å². The minimum atomic E-state index is 0.277. The van der Waals surface area contributed by atoms with Crippen LogP contribution in [0.15, 0.2) is 23.1 Å². The van der Waals surface area contributed by atoms with Gasteiger partial charge in [-0.1, -0.05) is 0 Å². The van der Waals surface area contributed by atoms with Crippen LogP contribution in [0.25, 0.3) is 0 Å². The standard InChI is InChI=1S/C10H12O2S/c1-13-9-4-5-10(12)8(7-9)3-2-6-11/h4-7,12H,2-3H2,1H3. The van der Waals surface area contributed by atoms with Crippen LogP contribution in [0.5, 0.6) is 5.75 Å². The molecule has 0 fully saturated rings. The summed E-state index contributed by atoms with van der Waals surface area (Å²) in [4.78, 5) is 11.3. The van der Waals surface area contributed by atoms with Gasteiger partial charge in [0.1, 0.15) is 12.0 Å². The normalized spacial score (nSPS) is 9.92. The van der Waals surface area contributed by atoms with Gasteiger partial charge in [-0.05, 0) is 36.4 Å². The van der Waals surface area contributed by atoms with E-state index in [1.165, 1.54) is 0 Å². The van der Waals surface area contributed by atoms with E-state index in [1.807, 2.05) is 18.4 Å². The Hall–Kier alpha value is -0.960. The number of aldehydes is 1. The predicted octanol–water partition coefficient (Wildman–Crippen LogP) is 2.25. The third-order valence-corrected chi connectivity index (χ3v) is 2.54. The second-order valence-corrected chi connectivity index (χ2v) is 3.58. The zero-order chi connectivity index (χ0) is 9.68. The average Bonchev–Trinajstić information content (AvgIpc) is 2.17. The van der Waals surface area contributed by atoms with Crippen molar-refractivity contribution in [1.29, 1.82) is 0 Å². The van der Waals surface area contributed by atoms with Gasteiger partial charge in [0.05, 0.1) is 0 Å². The maximum absolute atomic E-state index is 10.2. The largest absolute Gasteiger partial charge is 0.508 e. The molecule has 1 aromatic rings.